The first-order valence-corrected chi connectivity index (χ1v) is 9.23. The van der Waals surface area contributed by atoms with Crippen LogP contribution in [0.3, 0.4) is 0 Å². The standard InChI is InChI=1S/C22H23F3N2O4/c1-13-7-6-8-16(20(27-30-5)21(28)29-4)18(13)12-31-26-14(2)17-11-15(23)9-10-19(17)22(3,24)25/h6-11H,12H2,1-5H3/b26-14+,27-20+. The summed E-state index contributed by atoms with van der Waals surface area (Å²) in [5.74, 6) is -4.56. The van der Waals surface area contributed by atoms with Crippen LogP contribution in [0.1, 0.15) is 41.7 Å². The van der Waals surface area contributed by atoms with Crippen LogP contribution in [0, 0.1) is 12.7 Å². The molecular formula is C22H23F3N2O4. The molecule has 0 aromatic heterocycles. The zero-order valence-corrected chi connectivity index (χ0v) is 17.8. The van der Waals surface area contributed by atoms with Gasteiger partial charge in [-0.15, -0.1) is 0 Å². The Kier molecular flexibility index (Phi) is 7.79. The van der Waals surface area contributed by atoms with Crippen molar-refractivity contribution in [1.29, 1.82) is 0 Å². The lowest BCUT2D eigenvalue weighted by Gasteiger charge is -2.16. The van der Waals surface area contributed by atoms with Gasteiger partial charge in [-0.1, -0.05) is 28.5 Å². The topological polar surface area (TPSA) is 69.5 Å². The Bertz CT molecular complexity index is 1010. The van der Waals surface area contributed by atoms with Crippen molar-refractivity contribution >= 4 is 17.4 Å². The fourth-order valence-electron chi connectivity index (χ4n) is 2.94. The highest BCUT2D eigenvalue weighted by Gasteiger charge is 2.29. The number of carbonyl (C=O) groups is 1. The van der Waals surface area contributed by atoms with Crippen LogP contribution in [0.4, 0.5) is 13.2 Å². The van der Waals surface area contributed by atoms with E-state index in [-0.39, 0.29) is 29.2 Å². The normalized spacial score (nSPS) is 12.5. The van der Waals surface area contributed by atoms with Crippen LogP contribution >= 0.6 is 0 Å². The van der Waals surface area contributed by atoms with Crippen LogP contribution in [0.5, 0.6) is 0 Å². The molecule has 0 saturated carbocycles. The zero-order chi connectivity index (χ0) is 23.2. The number of esters is 1. The molecule has 0 aliphatic rings. The molecule has 2 aromatic rings. The highest BCUT2D eigenvalue weighted by Crippen LogP contribution is 2.31. The number of aryl methyl sites for hydroxylation is 1. The van der Waals surface area contributed by atoms with Crippen LogP contribution in [0.25, 0.3) is 0 Å². The van der Waals surface area contributed by atoms with E-state index in [0.29, 0.717) is 11.1 Å². The smallest absolute Gasteiger partial charge is 0.360 e. The van der Waals surface area contributed by atoms with Gasteiger partial charge in [-0.05, 0) is 37.6 Å². The molecule has 0 aliphatic heterocycles. The number of ether oxygens (including phenoxy) is 1. The predicted molar refractivity (Wildman–Crippen MR) is 110 cm³/mol. The molecule has 6 nitrogen and oxygen atoms in total. The van der Waals surface area contributed by atoms with Crippen molar-refractivity contribution in [2.45, 2.75) is 33.3 Å². The molecule has 0 atom stereocenters. The summed E-state index contributed by atoms with van der Waals surface area (Å²) in [4.78, 5) is 22.2. The Hall–Kier alpha value is -3.36. The van der Waals surface area contributed by atoms with Crippen molar-refractivity contribution in [3.05, 3.63) is 70.0 Å². The predicted octanol–water partition coefficient (Wildman–Crippen LogP) is 4.71. The van der Waals surface area contributed by atoms with Gasteiger partial charge in [-0.3, -0.25) is 0 Å². The fraction of sp³-hybridized carbons (Fsp3) is 0.318. The molecule has 0 N–H and O–H groups in total. The van der Waals surface area contributed by atoms with Crippen molar-refractivity contribution in [3.8, 4) is 0 Å². The van der Waals surface area contributed by atoms with Gasteiger partial charge in [-0.25, -0.2) is 18.0 Å². The largest absolute Gasteiger partial charge is 0.464 e. The first-order chi connectivity index (χ1) is 14.6. The second-order valence-corrected chi connectivity index (χ2v) is 6.74. The Morgan fingerprint density at radius 3 is 2.42 bits per heavy atom. The van der Waals surface area contributed by atoms with Gasteiger partial charge >= 0.3 is 5.97 Å². The minimum Gasteiger partial charge on any atom is -0.464 e. The summed E-state index contributed by atoms with van der Waals surface area (Å²) in [5, 5.41) is 7.62. The number of oxime groups is 2. The van der Waals surface area contributed by atoms with E-state index in [2.05, 4.69) is 10.3 Å². The molecule has 0 saturated heterocycles. The number of methoxy groups -OCH3 is 1. The van der Waals surface area contributed by atoms with E-state index in [0.717, 1.165) is 30.7 Å². The molecule has 166 valence electrons. The van der Waals surface area contributed by atoms with E-state index in [1.807, 2.05) is 0 Å². The van der Waals surface area contributed by atoms with Crippen molar-refractivity contribution in [1.82, 2.24) is 0 Å². The first-order valence-electron chi connectivity index (χ1n) is 9.23. The monoisotopic (exact) mass is 436 g/mol. The van der Waals surface area contributed by atoms with Crippen LogP contribution in [-0.2, 0) is 31.7 Å². The van der Waals surface area contributed by atoms with E-state index in [9.17, 15) is 18.0 Å². The van der Waals surface area contributed by atoms with Gasteiger partial charge in [0.25, 0.3) is 5.92 Å². The molecule has 2 aromatic carbocycles. The van der Waals surface area contributed by atoms with E-state index in [4.69, 9.17) is 14.4 Å². The van der Waals surface area contributed by atoms with Crippen molar-refractivity contribution in [3.63, 3.8) is 0 Å². The van der Waals surface area contributed by atoms with Gasteiger partial charge in [0.1, 0.15) is 19.5 Å². The Morgan fingerprint density at radius 1 is 1.10 bits per heavy atom. The second kappa shape index (κ2) is 10.1. The van der Waals surface area contributed by atoms with Crippen molar-refractivity contribution < 1.29 is 32.4 Å². The zero-order valence-electron chi connectivity index (χ0n) is 17.8. The third kappa shape index (κ3) is 5.84. The van der Waals surface area contributed by atoms with Gasteiger partial charge in [0.05, 0.1) is 12.8 Å². The third-order valence-corrected chi connectivity index (χ3v) is 4.48. The maximum Gasteiger partial charge on any atom is 0.360 e. The molecule has 0 amide bonds. The third-order valence-electron chi connectivity index (χ3n) is 4.48. The highest BCUT2D eigenvalue weighted by molar-refractivity contribution is 6.43. The van der Waals surface area contributed by atoms with Crippen LogP contribution in [0.15, 0.2) is 46.7 Å². The molecular weight excluding hydrogens is 413 g/mol. The summed E-state index contributed by atoms with van der Waals surface area (Å²) in [7, 11) is 2.51. The maximum atomic E-state index is 13.9. The summed E-state index contributed by atoms with van der Waals surface area (Å²) in [6.45, 7) is 3.85. The quantitative estimate of drug-likeness (QED) is 0.341. The summed E-state index contributed by atoms with van der Waals surface area (Å²) < 4.78 is 46.2. The molecule has 0 aliphatic carbocycles. The summed E-state index contributed by atoms with van der Waals surface area (Å²) in [6, 6.07) is 8.12. The molecule has 0 spiro atoms. The second-order valence-electron chi connectivity index (χ2n) is 6.74. The van der Waals surface area contributed by atoms with Gasteiger partial charge in [0, 0.05) is 29.2 Å². The number of rotatable bonds is 8. The van der Waals surface area contributed by atoms with E-state index in [1.165, 1.54) is 21.1 Å². The number of nitrogens with zero attached hydrogens (tertiary/aromatic N) is 2. The minimum atomic E-state index is -3.19. The summed E-state index contributed by atoms with van der Waals surface area (Å²) in [5.41, 5.74) is 1.33. The lowest BCUT2D eigenvalue weighted by Crippen LogP contribution is -2.20. The van der Waals surface area contributed by atoms with E-state index >= 15 is 0 Å². The minimum absolute atomic E-state index is 0.0614. The van der Waals surface area contributed by atoms with Crippen LogP contribution < -0.4 is 0 Å². The van der Waals surface area contributed by atoms with Crippen molar-refractivity contribution in [2.24, 2.45) is 10.3 Å². The molecule has 0 unspecified atom stereocenters. The van der Waals surface area contributed by atoms with Crippen molar-refractivity contribution in [2.75, 3.05) is 14.2 Å². The van der Waals surface area contributed by atoms with Gasteiger partial charge in [0.2, 0.25) is 0 Å². The molecule has 0 radical (unpaired) electrons. The molecule has 9 heteroatoms. The Labute approximate surface area is 178 Å². The van der Waals surface area contributed by atoms with Gasteiger partial charge in [0.15, 0.2) is 5.71 Å². The molecule has 2 rings (SSSR count). The molecule has 0 fully saturated rings. The maximum absolute atomic E-state index is 13.9. The number of benzene rings is 2. The van der Waals surface area contributed by atoms with E-state index in [1.54, 1.807) is 25.1 Å². The fourth-order valence-corrected chi connectivity index (χ4v) is 2.94. The molecule has 31 heavy (non-hydrogen) atoms. The van der Waals surface area contributed by atoms with Gasteiger partial charge in [-0.2, -0.15) is 0 Å². The average molecular weight is 436 g/mol. The molecule has 0 heterocycles. The first kappa shape index (κ1) is 23.9. The van der Waals surface area contributed by atoms with E-state index < -0.39 is 17.7 Å². The number of halogens is 3. The van der Waals surface area contributed by atoms with Crippen LogP contribution in [-0.4, -0.2) is 31.6 Å². The SMILES string of the molecule is CO/N=C(/C(=O)OC)c1cccc(C)c1CO/N=C(\C)c1cc(F)ccc1C(C)(F)F. The van der Waals surface area contributed by atoms with Crippen LogP contribution in [0.2, 0.25) is 0 Å². The number of alkyl halides is 2. The average Bonchev–Trinajstić information content (AvgIpc) is 2.71. The Morgan fingerprint density at radius 2 is 1.81 bits per heavy atom. The summed E-state index contributed by atoms with van der Waals surface area (Å²) >= 11 is 0. The number of hydrogen-bond acceptors (Lipinski definition) is 6. The lowest BCUT2D eigenvalue weighted by molar-refractivity contribution is -0.132. The lowest BCUT2D eigenvalue weighted by atomic mass is 9.99. The Balaban J connectivity index is 2.37. The summed E-state index contributed by atoms with van der Waals surface area (Å²) in [6.07, 6.45) is 0. The highest BCUT2D eigenvalue weighted by atomic mass is 19.3. The number of carbonyl (C=O) groups excluding carboxylic acids is 1. The number of hydrogen-bond donors (Lipinski definition) is 0. The molecule has 0 bridgehead atoms. The van der Waals surface area contributed by atoms with Gasteiger partial charge < -0.3 is 14.4 Å².